The molecule has 0 saturated carbocycles. The lowest BCUT2D eigenvalue weighted by Gasteiger charge is -2.32. The zero-order chi connectivity index (χ0) is 20.5. The monoisotopic (exact) mass is 409 g/mol. The van der Waals surface area contributed by atoms with E-state index in [1.165, 1.54) is 0 Å². The highest BCUT2D eigenvalue weighted by Gasteiger charge is 2.51. The fourth-order valence-corrected chi connectivity index (χ4v) is 4.06. The number of thioether (sulfide) groups is 1. The Kier molecular flexibility index (Phi) is 6.36. The largest absolute Gasteiger partial charge is 0.498 e. The number of aromatic nitrogens is 2. The maximum Gasteiger partial charge on any atom is 0.498 e. The van der Waals surface area contributed by atoms with E-state index in [4.69, 9.17) is 14.4 Å². The molecule has 154 valence electrons. The SMILES string of the molecule is CC1(C)OB(c2cnc(SCC3CCN(C(=O)C(O)CO)C3)nc2)OC1(C)C. The van der Waals surface area contributed by atoms with Crippen LogP contribution in [0.1, 0.15) is 34.1 Å². The highest BCUT2D eigenvalue weighted by Crippen LogP contribution is 2.36. The Balaban J connectivity index is 1.50. The van der Waals surface area contributed by atoms with Crippen molar-refractivity contribution in [3.63, 3.8) is 0 Å². The average Bonchev–Trinajstić information content (AvgIpc) is 3.21. The van der Waals surface area contributed by atoms with Gasteiger partial charge in [0, 0.05) is 36.7 Å². The summed E-state index contributed by atoms with van der Waals surface area (Å²) in [7, 11) is -0.476. The van der Waals surface area contributed by atoms with Crippen molar-refractivity contribution in [1.29, 1.82) is 0 Å². The highest BCUT2D eigenvalue weighted by molar-refractivity contribution is 7.99. The van der Waals surface area contributed by atoms with Gasteiger partial charge in [-0.3, -0.25) is 4.79 Å². The lowest BCUT2D eigenvalue weighted by Crippen LogP contribution is -2.41. The van der Waals surface area contributed by atoms with Gasteiger partial charge in [0.25, 0.3) is 5.91 Å². The number of nitrogens with zero attached hydrogens (tertiary/aromatic N) is 3. The Morgan fingerprint density at radius 3 is 2.50 bits per heavy atom. The van der Waals surface area contributed by atoms with Crippen molar-refractivity contribution in [3.05, 3.63) is 12.4 Å². The lowest BCUT2D eigenvalue weighted by molar-refractivity contribution is -0.141. The molecule has 10 heteroatoms. The summed E-state index contributed by atoms with van der Waals surface area (Å²) in [6.07, 6.45) is 3.01. The molecule has 3 heterocycles. The number of hydrogen-bond acceptors (Lipinski definition) is 8. The number of hydrogen-bond donors (Lipinski definition) is 2. The lowest BCUT2D eigenvalue weighted by atomic mass is 9.81. The predicted molar refractivity (Wildman–Crippen MR) is 106 cm³/mol. The number of carbonyl (C=O) groups excluding carboxylic acids is 1. The molecule has 0 spiro atoms. The van der Waals surface area contributed by atoms with Gasteiger partial charge in [-0.05, 0) is 40.0 Å². The third kappa shape index (κ3) is 4.51. The first kappa shape index (κ1) is 21.5. The minimum Gasteiger partial charge on any atom is -0.399 e. The Morgan fingerprint density at radius 2 is 1.93 bits per heavy atom. The van der Waals surface area contributed by atoms with Gasteiger partial charge in [0.2, 0.25) is 0 Å². The minimum absolute atomic E-state index is 0.311. The molecular formula is C18H28BN3O5S. The molecule has 1 aromatic rings. The molecule has 0 aliphatic carbocycles. The molecule has 2 atom stereocenters. The Hall–Kier alpha value is -1.20. The first-order valence-corrected chi connectivity index (χ1v) is 10.5. The van der Waals surface area contributed by atoms with Crippen LogP contribution < -0.4 is 5.46 Å². The second kappa shape index (κ2) is 8.27. The fraction of sp³-hybridized carbons (Fsp3) is 0.722. The van der Waals surface area contributed by atoms with Crippen LogP contribution in [0.15, 0.2) is 17.6 Å². The highest BCUT2D eigenvalue weighted by atomic mass is 32.2. The summed E-state index contributed by atoms with van der Waals surface area (Å²) in [6.45, 7) is 8.66. The molecule has 1 aromatic heterocycles. The quantitative estimate of drug-likeness (QED) is 0.387. The molecule has 8 nitrogen and oxygen atoms in total. The van der Waals surface area contributed by atoms with Crippen molar-refractivity contribution in [3.8, 4) is 0 Å². The second-order valence-corrected chi connectivity index (χ2v) is 9.32. The molecule has 28 heavy (non-hydrogen) atoms. The minimum atomic E-state index is -1.32. The number of aliphatic hydroxyl groups is 2. The van der Waals surface area contributed by atoms with E-state index in [2.05, 4.69) is 9.97 Å². The molecule has 3 rings (SSSR count). The van der Waals surface area contributed by atoms with Crippen LogP contribution in [-0.4, -0.2) is 80.9 Å². The summed E-state index contributed by atoms with van der Waals surface area (Å²) in [5.74, 6) is 0.693. The van der Waals surface area contributed by atoms with Gasteiger partial charge < -0.3 is 24.4 Å². The zero-order valence-corrected chi connectivity index (χ0v) is 17.6. The first-order valence-electron chi connectivity index (χ1n) is 9.51. The van der Waals surface area contributed by atoms with Gasteiger partial charge in [-0.2, -0.15) is 0 Å². The average molecular weight is 409 g/mol. The maximum absolute atomic E-state index is 11.9. The number of likely N-dealkylation sites (tertiary alicyclic amines) is 1. The molecule has 1 amide bonds. The van der Waals surface area contributed by atoms with Crippen molar-refractivity contribution in [1.82, 2.24) is 14.9 Å². The van der Waals surface area contributed by atoms with E-state index >= 15 is 0 Å². The van der Waals surface area contributed by atoms with Crippen molar-refractivity contribution < 1.29 is 24.3 Å². The normalized spacial score (nSPS) is 24.6. The smallest absolute Gasteiger partial charge is 0.399 e. The van der Waals surface area contributed by atoms with Gasteiger partial charge in [-0.1, -0.05) is 11.8 Å². The van der Waals surface area contributed by atoms with Crippen LogP contribution in [0.4, 0.5) is 0 Å². The van der Waals surface area contributed by atoms with Crippen LogP contribution in [-0.2, 0) is 14.1 Å². The van der Waals surface area contributed by atoms with Gasteiger partial charge in [-0.15, -0.1) is 0 Å². The van der Waals surface area contributed by atoms with E-state index < -0.39 is 36.9 Å². The molecule has 2 unspecified atom stereocenters. The standard InChI is InChI=1S/C18H28BN3O5S/c1-17(2)18(3,4)27-19(26-17)13-7-20-16(21-8-13)28-11-12-5-6-22(9-12)15(25)14(24)10-23/h7-8,12,14,23-24H,5-6,9-11H2,1-4H3. The van der Waals surface area contributed by atoms with E-state index in [0.717, 1.165) is 17.6 Å². The summed E-state index contributed by atoms with van der Waals surface area (Å²) in [5.41, 5.74) is -0.0142. The van der Waals surface area contributed by atoms with Gasteiger partial charge >= 0.3 is 7.12 Å². The van der Waals surface area contributed by atoms with E-state index in [1.807, 2.05) is 27.7 Å². The topological polar surface area (TPSA) is 105 Å². The number of carbonyl (C=O) groups is 1. The maximum atomic E-state index is 11.9. The molecule has 0 bridgehead atoms. The number of rotatable bonds is 6. The molecular weight excluding hydrogens is 381 g/mol. The van der Waals surface area contributed by atoms with Crippen molar-refractivity contribution in [2.75, 3.05) is 25.4 Å². The molecule has 2 fully saturated rings. The number of amides is 1. The van der Waals surface area contributed by atoms with Crippen molar-refractivity contribution >= 4 is 30.3 Å². The summed E-state index contributed by atoms with van der Waals surface area (Å²) in [4.78, 5) is 22.3. The van der Waals surface area contributed by atoms with Crippen LogP contribution in [0.25, 0.3) is 0 Å². The molecule has 2 N–H and O–H groups in total. The summed E-state index contributed by atoms with van der Waals surface area (Å²) in [5, 5.41) is 19.0. The van der Waals surface area contributed by atoms with Crippen LogP contribution in [0.3, 0.4) is 0 Å². The summed E-state index contributed by atoms with van der Waals surface area (Å²) < 4.78 is 12.0. The Labute approximate surface area is 170 Å². The Bertz CT molecular complexity index is 687. The third-order valence-corrected chi connectivity index (χ3v) is 6.78. The molecule has 0 aromatic carbocycles. The fourth-order valence-electron chi connectivity index (χ4n) is 3.15. The predicted octanol–water partition coefficient (Wildman–Crippen LogP) is 0.0696. The van der Waals surface area contributed by atoms with E-state index in [-0.39, 0.29) is 0 Å². The van der Waals surface area contributed by atoms with Gasteiger partial charge in [0.05, 0.1) is 17.8 Å². The van der Waals surface area contributed by atoms with E-state index in [9.17, 15) is 9.90 Å². The second-order valence-electron chi connectivity index (χ2n) is 8.34. The molecule has 0 radical (unpaired) electrons. The molecule has 2 aliphatic heterocycles. The Morgan fingerprint density at radius 1 is 1.32 bits per heavy atom. The van der Waals surface area contributed by atoms with E-state index in [1.54, 1.807) is 29.1 Å². The van der Waals surface area contributed by atoms with Crippen molar-refractivity contribution in [2.24, 2.45) is 5.92 Å². The number of aliphatic hydroxyl groups excluding tert-OH is 2. The molecule has 2 aliphatic rings. The van der Waals surface area contributed by atoms with Crippen molar-refractivity contribution in [2.45, 2.75) is 56.6 Å². The van der Waals surface area contributed by atoms with Gasteiger partial charge in [0.1, 0.15) is 0 Å². The third-order valence-electron chi connectivity index (χ3n) is 5.68. The van der Waals surface area contributed by atoms with Crippen LogP contribution in [0.5, 0.6) is 0 Å². The molecule has 2 saturated heterocycles. The summed E-state index contributed by atoms with van der Waals surface area (Å²) in [6, 6.07) is 0. The van der Waals surface area contributed by atoms with Gasteiger partial charge in [0.15, 0.2) is 11.3 Å². The van der Waals surface area contributed by atoms with Gasteiger partial charge in [-0.25, -0.2) is 9.97 Å². The summed E-state index contributed by atoms with van der Waals surface area (Å²) >= 11 is 1.54. The zero-order valence-electron chi connectivity index (χ0n) is 16.8. The van der Waals surface area contributed by atoms with Crippen LogP contribution >= 0.6 is 11.8 Å². The first-order chi connectivity index (χ1) is 13.1. The van der Waals surface area contributed by atoms with Crippen LogP contribution in [0.2, 0.25) is 0 Å². The van der Waals surface area contributed by atoms with Crippen LogP contribution in [0, 0.1) is 5.92 Å². The van der Waals surface area contributed by atoms with E-state index in [0.29, 0.717) is 24.2 Å².